The van der Waals surface area contributed by atoms with E-state index in [1.54, 1.807) is 19.9 Å². The Morgan fingerprint density at radius 1 is 1.50 bits per heavy atom. The number of sulfonamides is 1. The van der Waals surface area contributed by atoms with Crippen molar-refractivity contribution in [1.29, 1.82) is 0 Å². The third-order valence-corrected chi connectivity index (χ3v) is 4.62. The summed E-state index contributed by atoms with van der Waals surface area (Å²) in [5.74, 6) is 0. The van der Waals surface area contributed by atoms with Gasteiger partial charge in [0.05, 0.1) is 16.3 Å². The number of anilines is 1. The normalized spacial score (nSPS) is 15.3. The second kappa shape index (κ2) is 5.44. The first-order valence-corrected chi connectivity index (χ1v) is 7.32. The standard InChI is InChI=1S/C11H17ClN2O3S/c1-3-11(2,15)7-14-18(16,17)10-8(12)5-4-6-9(10)13/h4-6,14-15H,3,7,13H2,1-2H3. The van der Waals surface area contributed by atoms with Gasteiger partial charge in [-0.15, -0.1) is 0 Å². The number of halogens is 1. The van der Waals surface area contributed by atoms with E-state index in [1.807, 2.05) is 0 Å². The highest BCUT2D eigenvalue weighted by Gasteiger charge is 2.25. The van der Waals surface area contributed by atoms with Crippen LogP contribution in [0.15, 0.2) is 23.1 Å². The number of hydrogen-bond donors (Lipinski definition) is 3. The lowest BCUT2D eigenvalue weighted by molar-refractivity contribution is 0.0613. The molecule has 1 aromatic rings. The van der Waals surface area contributed by atoms with Crippen molar-refractivity contribution in [2.75, 3.05) is 12.3 Å². The Balaban J connectivity index is 3.01. The molecule has 0 aromatic heterocycles. The average molecular weight is 293 g/mol. The van der Waals surface area contributed by atoms with Crippen molar-refractivity contribution in [3.63, 3.8) is 0 Å². The summed E-state index contributed by atoms with van der Waals surface area (Å²) in [4.78, 5) is -0.154. The van der Waals surface area contributed by atoms with Gasteiger partial charge in [0, 0.05) is 6.54 Å². The Morgan fingerprint density at radius 3 is 2.61 bits per heavy atom. The second-order valence-electron chi connectivity index (χ2n) is 4.33. The summed E-state index contributed by atoms with van der Waals surface area (Å²) in [6.45, 7) is 3.21. The van der Waals surface area contributed by atoms with Crippen LogP contribution in [0, 0.1) is 0 Å². The second-order valence-corrected chi connectivity index (χ2v) is 6.44. The molecule has 1 unspecified atom stereocenters. The summed E-state index contributed by atoms with van der Waals surface area (Å²) in [5.41, 5.74) is 4.58. The van der Waals surface area contributed by atoms with Gasteiger partial charge in [-0.3, -0.25) is 0 Å². The van der Waals surface area contributed by atoms with Gasteiger partial charge < -0.3 is 10.8 Å². The van der Waals surface area contributed by atoms with Gasteiger partial charge in [0.2, 0.25) is 10.0 Å². The molecule has 0 saturated heterocycles. The van der Waals surface area contributed by atoms with E-state index < -0.39 is 15.6 Å². The molecule has 0 saturated carbocycles. The van der Waals surface area contributed by atoms with Gasteiger partial charge in [-0.2, -0.15) is 0 Å². The first kappa shape index (κ1) is 15.2. The lowest BCUT2D eigenvalue weighted by atomic mass is 10.1. The van der Waals surface area contributed by atoms with E-state index in [-0.39, 0.29) is 22.2 Å². The number of nitrogens with two attached hydrogens (primary N) is 1. The van der Waals surface area contributed by atoms with Crippen LogP contribution in [-0.4, -0.2) is 25.7 Å². The number of nitrogens with one attached hydrogen (secondary N) is 1. The zero-order valence-corrected chi connectivity index (χ0v) is 11.8. The van der Waals surface area contributed by atoms with Crippen LogP contribution < -0.4 is 10.5 Å². The van der Waals surface area contributed by atoms with E-state index in [1.165, 1.54) is 12.1 Å². The van der Waals surface area contributed by atoms with Crippen molar-refractivity contribution in [3.05, 3.63) is 23.2 Å². The van der Waals surface area contributed by atoms with Gasteiger partial charge in [0.15, 0.2) is 0 Å². The molecule has 0 aliphatic heterocycles. The van der Waals surface area contributed by atoms with E-state index in [2.05, 4.69) is 4.72 Å². The highest BCUT2D eigenvalue weighted by atomic mass is 35.5. The van der Waals surface area contributed by atoms with Gasteiger partial charge in [-0.25, -0.2) is 13.1 Å². The fourth-order valence-electron chi connectivity index (χ4n) is 1.26. The van der Waals surface area contributed by atoms with Crippen LogP contribution in [0.2, 0.25) is 5.02 Å². The summed E-state index contributed by atoms with van der Waals surface area (Å²) in [5, 5.41) is 9.84. The Labute approximate surface area is 112 Å². The summed E-state index contributed by atoms with van der Waals surface area (Å²) < 4.78 is 26.4. The maximum atomic E-state index is 12.0. The maximum Gasteiger partial charge on any atom is 0.244 e. The highest BCUT2D eigenvalue weighted by molar-refractivity contribution is 7.89. The molecule has 0 aliphatic rings. The first-order chi connectivity index (χ1) is 8.19. The topological polar surface area (TPSA) is 92.4 Å². The monoisotopic (exact) mass is 292 g/mol. The fraction of sp³-hybridized carbons (Fsp3) is 0.455. The highest BCUT2D eigenvalue weighted by Crippen LogP contribution is 2.27. The van der Waals surface area contributed by atoms with Crippen molar-refractivity contribution in [2.24, 2.45) is 0 Å². The van der Waals surface area contributed by atoms with Gasteiger partial charge in [-0.05, 0) is 25.5 Å². The molecule has 0 spiro atoms. The number of benzene rings is 1. The molecule has 5 nitrogen and oxygen atoms in total. The molecule has 4 N–H and O–H groups in total. The zero-order chi connectivity index (χ0) is 14.0. The molecular weight excluding hydrogens is 276 g/mol. The molecule has 1 aromatic carbocycles. The van der Waals surface area contributed by atoms with Crippen LogP contribution in [0.5, 0.6) is 0 Å². The minimum atomic E-state index is -3.83. The third kappa shape index (κ3) is 3.58. The van der Waals surface area contributed by atoms with Gasteiger partial charge in [-0.1, -0.05) is 24.6 Å². The lowest BCUT2D eigenvalue weighted by Crippen LogP contribution is -2.40. The molecular formula is C11H17ClN2O3S. The molecule has 0 fully saturated rings. The molecule has 102 valence electrons. The fourth-order valence-corrected chi connectivity index (χ4v) is 3.09. The summed E-state index contributed by atoms with van der Waals surface area (Å²) in [6, 6.07) is 4.47. The van der Waals surface area contributed by atoms with Crippen molar-refractivity contribution >= 4 is 27.3 Å². The van der Waals surface area contributed by atoms with Gasteiger partial charge >= 0.3 is 0 Å². The van der Waals surface area contributed by atoms with Crippen LogP contribution in [0.1, 0.15) is 20.3 Å². The molecule has 1 atom stereocenters. The number of hydrogen-bond acceptors (Lipinski definition) is 4. The predicted molar refractivity (Wildman–Crippen MR) is 72.0 cm³/mol. The van der Waals surface area contributed by atoms with Crippen LogP contribution >= 0.6 is 11.6 Å². The van der Waals surface area contributed by atoms with Gasteiger partial charge in [0.25, 0.3) is 0 Å². The molecule has 0 heterocycles. The van der Waals surface area contributed by atoms with Crippen molar-refractivity contribution < 1.29 is 13.5 Å². The van der Waals surface area contributed by atoms with E-state index in [0.29, 0.717) is 6.42 Å². The Hall–Kier alpha value is -0.820. The number of nitrogen functional groups attached to an aromatic ring is 1. The van der Waals surface area contributed by atoms with Crippen molar-refractivity contribution in [2.45, 2.75) is 30.8 Å². The number of aliphatic hydroxyl groups is 1. The average Bonchev–Trinajstić information content (AvgIpc) is 2.26. The van der Waals surface area contributed by atoms with Crippen LogP contribution in [0.4, 0.5) is 5.69 Å². The molecule has 0 radical (unpaired) electrons. The zero-order valence-electron chi connectivity index (χ0n) is 10.3. The summed E-state index contributed by atoms with van der Waals surface area (Å²) in [7, 11) is -3.83. The predicted octanol–water partition coefficient (Wildman–Crippen LogP) is 1.36. The minimum Gasteiger partial charge on any atom is -0.398 e. The van der Waals surface area contributed by atoms with E-state index in [4.69, 9.17) is 17.3 Å². The van der Waals surface area contributed by atoms with Crippen molar-refractivity contribution in [1.82, 2.24) is 4.72 Å². The molecule has 18 heavy (non-hydrogen) atoms. The van der Waals surface area contributed by atoms with Gasteiger partial charge in [0.1, 0.15) is 4.90 Å². The summed E-state index contributed by atoms with van der Waals surface area (Å²) >= 11 is 5.84. The van der Waals surface area contributed by atoms with E-state index in [0.717, 1.165) is 0 Å². The Morgan fingerprint density at radius 2 is 2.11 bits per heavy atom. The lowest BCUT2D eigenvalue weighted by Gasteiger charge is -2.22. The quantitative estimate of drug-likeness (QED) is 0.715. The van der Waals surface area contributed by atoms with E-state index in [9.17, 15) is 13.5 Å². The minimum absolute atomic E-state index is 0.0543. The SMILES string of the molecule is CCC(C)(O)CNS(=O)(=O)c1c(N)cccc1Cl. The smallest absolute Gasteiger partial charge is 0.244 e. The first-order valence-electron chi connectivity index (χ1n) is 5.45. The Kier molecular flexibility index (Phi) is 4.61. The van der Waals surface area contributed by atoms with Crippen LogP contribution in [0.25, 0.3) is 0 Å². The molecule has 0 amide bonds. The summed E-state index contributed by atoms with van der Waals surface area (Å²) in [6.07, 6.45) is 0.424. The molecule has 0 aliphatic carbocycles. The third-order valence-electron chi connectivity index (χ3n) is 2.67. The van der Waals surface area contributed by atoms with E-state index >= 15 is 0 Å². The van der Waals surface area contributed by atoms with Crippen molar-refractivity contribution in [3.8, 4) is 0 Å². The molecule has 7 heteroatoms. The largest absolute Gasteiger partial charge is 0.398 e. The molecule has 0 bridgehead atoms. The molecule has 1 rings (SSSR count). The number of rotatable bonds is 5. The van der Waals surface area contributed by atoms with Crippen LogP contribution in [0.3, 0.4) is 0 Å². The van der Waals surface area contributed by atoms with Crippen LogP contribution in [-0.2, 0) is 10.0 Å². The maximum absolute atomic E-state index is 12.0. The Bertz CT molecular complexity index is 509.